The first kappa shape index (κ1) is 12.2. The molecule has 1 aliphatic heterocycles. The molecular weight excluding hydrogens is 188 g/mol. The molecule has 1 heterocycles. The first-order valence-electron chi connectivity index (χ1n) is 5.78. The first-order valence-corrected chi connectivity index (χ1v) is 5.78. The van der Waals surface area contributed by atoms with Crippen LogP contribution in [0.1, 0.15) is 33.6 Å². The lowest BCUT2D eigenvalue weighted by Crippen LogP contribution is -2.41. The van der Waals surface area contributed by atoms with E-state index in [9.17, 15) is 4.79 Å². The van der Waals surface area contributed by atoms with Crippen molar-refractivity contribution in [3.8, 4) is 0 Å². The van der Waals surface area contributed by atoms with Crippen LogP contribution in [-0.2, 0) is 4.79 Å². The predicted molar refractivity (Wildman–Crippen MR) is 62.7 cm³/mol. The quantitative estimate of drug-likeness (QED) is 0.714. The fraction of sp³-hybridized carbons (Fsp3) is 0.750. The monoisotopic (exact) mass is 210 g/mol. The smallest absolute Gasteiger partial charge is 0.249 e. The van der Waals surface area contributed by atoms with Gasteiger partial charge in [-0.2, -0.15) is 0 Å². The number of amides is 1. The van der Waals surface area contributed by atoms with Gasteiger partial charge in [0.25, 0.3) is 0 Å². The third-order valence-corrected chi connectivity index (χ3v) is 3.34. The van der Waals surface area contributed by atoms with Gasteiger partial charge in [0.15, 0.2) is 0 Å². The lowest BCUT2D eigenvalue weighted by Gasteiger charge is -2.29. The van der Waals surface area contributed by atoms with Gasteiger partial charge < -0.3 is 10.2 Å². The Labute approximate surface area is 92.5 Å². The Bertz CT molecular complexity index is 261. The zero-order valence-corrected chi connectivity index (χ0v) is 10.3. The summed E-state index contributed by atoms with van der Waals surface area (Å²) in [5.74, 6) is 0.195. The van der Waals surface area contributed by atoms with E-state index in [4.69, 9.17) is 0 Å². The van der Waals surface area contributed by atoms with Crippen molar-refractivity contribution in [2.24, 2.45) is 0 Å². The van der Waals surface area contributed by atoms with Gasteiger partial charge >= 0.3 is 0 Å². The summed E-state index contributed by atoms with van der Waals surface area (Å²) in [5, 5.41) is 3.16. The average Bonchev–Trinajstić information content (AvgIpc) is 2.15. The van der Waals surface area contributed by atoms with Crippen LogP contribution < -0.4 is 5.32 Å². The van der Waals surface area contributed by atoms with Crippen molar-refractivity contribution in [3.05, 3.63) is 11.1 Å². The highest BCUT2D eigenvalue weighted by Crippen LogP contribution is 2.15. The Kier molecular flexibility index (Phi) is 4.33. The number of carbonyl (C=O) groups is 1. The second-order valence-electron chi connectivity index (χ2n) is 4.22. The zero-order valence-electron chi connectivity index (χ0n) is 10.3. The Hall–Kier alpha value is -0.830. The molecule has 0 saturated carbocycles. The van der Waals surface area contributed by atoms with E-state index in [0.717, 1.165) is 31.5 Å². The van der Waals surface area contributed by atoms with Gasteiger partial charge in [0, 0.05) is 31.8 Å². The Balaban J connectivity index is 2.66. The number of hydrogen-bond acceptors (Lipinski definition) is 2. The van der Waals surface area contributed by atoms with Crippen molar-refractivity contribution < 1.29 is 4.79 Å². The molecule has 0 bridgehead atoms. The second-order valence-corrected chi connectivity index (χ2v) is 4.22. The molecule has 0 unspecified atom stereocenters. The van der Waals surface area contributed by atoms with E-state index in [1.54, 1.807) is 0 Å². The predicted octanol–water partition coefficient (Wildman–Crippen LogP) is 1.55. The van der Waals surface area contributed by atoms with Crippen molar-refractivity contribution in [3.63, 3.8) is 0 Å². The van der Waals surface area contributed by atoms with Crippen molar-refractivity contribution in [1.29, 1.82) is 0 Å². The number of nitrogens with one attached hydrogen (secondary N) is 1. The average molecular weight is 210 g/mol. The van der Waals surface area contributed by atoms with Crippen LogP contribution in [0, 0.1) is 0 Å². The number of rotatable bonds is 4. The molecule has 1 amide bonds. The minimum absolute atomic E-state index is 0.195. The van der Waals surface area contributed by atoms with Crippen LogP contribution in [0.4, 0.5) is 0 Å². The van der Waals surface area contributed by atoms with E-state index in [-0.39, 0.29) is 5.91 Å². The fourth-order valence-corrected chi connectivity index (χ4v) is 1.93. The molecule has 1 aliphatic rings. The molecule has 1 rings (SSSR count). The van der Waals surface area contributed by atoms with Crippen LogP contribution in [0.15, 0.2) is 11.1 Å². The molecule has 86 valence electrons. The standard InChI is InChI=1S/C12H22N2O/c1-5-11(6-2)14(4)12(15)9(3)10-7-13-8-10/h11,13H,5-8H2,1-4H3. The van der Waals surface area contributed by atoms with Crippen molar-refractivity contribution in [1.82, 2.24) is 10.2 Å². The van der Waals surface area contributed by atoms with Crippen molar-refractivity contribution >= 4 is 5.91 Å². The number of hydrogen-bond donors (Lipinski definition) is 1. The van der Waals surface area contributed by atoms with Gasteiger partial charge in [0.2, 0.25) is 5.91 Å². The fourth-order valence-electron chi connectivity index (χ4n) is 1.93. The van der Waals surface area contributed by atoms with Gasteiger partial charge in [0.1, 0.15) is 0 Å². The summed E-state index contributed by atoms with van der Waals surface area (Å²) < 4.78 is 0. The van der Waals surface area contributed by atoms with Gasteiger partial charge in [-0.3, -0.25) is 4.79 Å². The third-order valence-electron chi connectivity index (χ3n) is 3.34. The molecule has 15 heavy (non-hydrogen) atoms. The maximum atomic E-state index is 12.1. The molecule has 0 aromatic heterocycles. The van der Waals surface area contributed by atoms with Gasteiger partial charge in [-0.15, -0.1) is 0 Å². The summed E-state index contributed by atoms with van der Waals surface area (Å²) in [7, 11) is 1.91. The Morgan fingerprint density at radius 3 is 2.27 bits per heavy atom. The van der Waals surface area contributed by atoms with E-state index in [1.165, 1.54) is 5.57 Å². The van der Waals surface area contributed by atoms with Crippen LogP contribution in [0.5, 0.6) is 0 Å². The Morgan fingerprint density at radius 1 is 1.40 bits per heavy atom. The zero-order chi connectivity index (χ0) is 11.4. The van der Waals surface area contributed by atoms with Crippen LogP contribution in [0.2, 0.25) is 0 Å². The molecular formula is C12H22N2O. The van der Waals surface area contributed by atoms with Crippen molar-refractivity contribution in [2.45, 2.75) is 39.7 Å². The van der Waals surface area contributed by atoms with Crippen LogP contribution >= 0.6 is 0 Å². The first-order chi connectivity index (χ1) is 7.11. The summed E-state index contributed by atoms with van der Waals surface area (Å²) in [4.78, 5) is 14.0. The van der Waals surface area contributed by atoms with Gasteiger partial charge in [-0.1, -0.05) is 13.8 Å². The van der Waals surface area contributed by atoms with Crippen LogP contribution in [-0.4, -0.2) is 37.0 Å². The maximum Gasteiger partial charge on any atom is 0.249 e. The van der Waals surface area contributed by atoms with E-state index < -0.39 is 0 Å². The topological polar surface area (TPSA) is 32.3 Å². The number of nitrogens with zero attached hydrogens (tertiary/aromatic N) is 1. The molecule has 3 nitrogen and oxygen atoms in total. The molecule has 1 saturated heterocycles. The summed E-state index contributed by atoms with van der Waals surface area (Å²) in [6.45, 7) is 7.97. The maximum absolute atomic E-state index is 12.1. The molecule has 0 radical (unpaired) electrons. The summed E-state index contributed by atoms with van der Waals surface area (Å²) >= 11 is 0. The van der Waals surface area contributed by atoms with Crippen molar-refractivity contribution in [2.75, 3.05) is 20.1 Å². The summed E-state index contributed by atoms with van der Waals surface area (Å²) in [6, 6.07) is 0.376. The normalized spacial score (nSPS) is 15.1. The lowest BCUT2D eigenvalue weighted by atomic mass is 10.0. The minimum atomic E-state index is 0.195. The van der Waals surface area contributed by atoms with Gasteiger partial charge in [-0.05, 0) is 25.3 Å². The summed E-state index contributed by atoms with van der Waals surface area (Å²) in [5.41, 5.74) is 2.20. The van der Waals surface area contributed by atoms with Gasteiger partial charge in [-0.25, -0.2) is 0 Å². The minimum Gasteiger partial charge on any atom is -0.339 e. The highest BCUT2D eigenvalue weighted by molar-refractivity contribution is 5.94. The number of likely N-dealkylation sites (N-methyl/N-ethyl adjacent to an activating group) is 1. The van der Waals surface area contributed by atoms with Crippen LogP contribution in [0.25, 0.3) is 0 Å². The van der Waals surface area contributed by atoms with E-state index in [0.29, 0.717) is 6.04 Å². The molecule has 1 fully saturated rings. The molecule has 0 spiro atoms. The van der Waals surface area contributed by atoms with E-state index >= 15 is 0 Å². The van der Waals surface area contributed by atoms with Crippen LogP contribution in [0.3, 0.4) is 0 Å². The van der Waals surface area contributed by atoms with E-state index in [2.05, 4.69) is 19.2 Å². The summed E-state index contributed by atoms with van der Waals surface area (Å²) in [6.07, 6.45) is 2.05. The highest BCUT2D eigenvalue weighted by atomic mass is 16.2. The lowest BCUT2D eigenvalue weighted by molar-refractivity contribution is -0.128. The molecule has 3 heteroatoms. The molecule has 0 atom stereocenters. The molecule has 0 aliphatic carbocycles. The van der Waals surface area contributed by atoms with Gasteiger partial charge in [0.05, 0.1) is 0 Å². The largest absolute Gasteiger partial charge is 0.339 e. The molecule has 0 aromatic carbocycles. The van der Waals surface area contributed by atoms with E-state index in [1.807, 2.05) is 18.9 Å². The Morgan fingerprint density at radius 2 is 1.93 bits per heavy atom. The molecule has 0 aromatic rings. The molecule has 1 N–H and O–H groups in total. The second kappa shape index (κ2) is 5.31. The SMILES string of the molecule is CCC(CC)N(C)C(=O)C(C)=C1CNC1. The highest BCUT2D eigenvalue weighted by Gasteiger charge is 2.22. The third kappa shape index (κ3) is 2.59. The number of carbonyl (C=O) groups excluding carboxylic acids is 1.